The van der Waals surface area contributed by atoms with E-state index in [1.165, 1.54) is 12.8 Å². The molecule has 1 aromatic rings. The third-order valence-electron chi connectivity index (χ3n) is 2.96. The highest BCUT2D eigenvalue weighted by Crippen LogP contribution is 2.26. The molecule has 0 aromatic heterocycles. The van der Waals surface area contributed by atoms with Gasteiger partial charge in [0.2, 0.25) is 0 Å². The lowest BCUT2D eigenvalue weighted by Crippen LogP contribution is -2.12. The van der Waals surface area contributed by atoms with Gasteiger partial charge >= 0.3 is 0 Å². The summed E-state index contributed by atoms with van der Waals surface area (Å²) in [6.07, 6.45) is 4.71. The number of hydrogen-bond acceptors (Lipinski definition) is 2. The average Bonchev–Trinajstić information content (AvgIpc) is 2.68. The molecule has 1 atom stereocenters. The monoisotopic (exact) mass is 301 g/mol. The van der Waals surface area contributed by atoms with Gasteiger partial charge in [-0.05, 0) is 36.6 Å². The zero-order valence-electron chi connectivity index (χ0n) is 9.12. The minimum absolute atomic E-state index is 0.403. The first-order chi connectivity index (χ1) is 7.65. The highest BCUT2D eigenvalue weighted by Gasteiger charge is 2.21. The quantitative estimate of drug-likeness (QED) is 0.871. The Balaban J connectivity index is 2.05. The average molecular weight is 302 g/mol. The number of rotatable bonds is 3. The van der Waals surface area contributed by atoms with Crippen molar-refractivity contribution in [2.75, 3.05) is 5.73 Å². The van der Waals surface area contributed by atoms with Gasteiger partial charge in [-0.3, -0.25) is 4.21 Å². The van der Waals surface area contributed by atoms with E-state index >= 15 is 0 Å². The van der Waals surface area contributed by atoms with Gasteiger partial charge in [0, 0.05) is 32.0 Å². The predicted octanol–water partition coefficient (Wildman–Crippen LogP) is 3.22. The highest BCUT2D eigenvalue weighted by molar-refractivity contribution is 9.10. The molecular formula is C12H16BrNOS. The van der Waals surface area contributed by atoms with Gasteiger partial charge in [0.05, 0.1) is 0 Å². The first-order valence-electron chi connectivity index (χ1n) is 5.57. The van der Waals surface area contributed by atoms with E-state index in [0.29, 0.717) is 11.0 Å². The second-order valence-corrected chi connectivity index (χ2v) is 6.96. The van der Waals surface area contributed by atoms with Crippen LogP contribution in [0.25, 0.3) is 0 Å². The third kappa shape index (κ3) is 3.08. The molecule has 88 valence electrons. The maximum Gasteiger partial charge on any atom is 0.0489 e. The minimum atomic E-state index is -0.739. The standard InChI is InChI=1S/C12H16BrNOS/c13-10-5-9(6-11(14)7-10)8-16(15)12-3-1-2-4-12/h5-7,12H,1-4,8,14H2. The summed E-state index contributed by atoms with van der Waals surface area (Å²) in [5.41, 5.74) is 7.56. The van der Waals surface area contributed by atoms with Crippen molar-refractivity contribution >= 4 is 32.4 Å². The summed E-state index contributed by atoms with van der Waals surface area (Å²) in [6.45, 7) is 0. The number of nitrogens with two attached hydrogens (primary N) is 1. The molecule has 0 saturated heterocycles. The fraction of sp³-hybridized carbons (Fsp3) is 0.500. The lowest BCUT2D eigenvalue weighted by Gasteiger charge is -2.09. The Bertz CT molecular complexity index is 382. The van der Waals surface area contributed by atoms with Gasteiger partial charge in [0.25, 0.3) is 0 Å². The number of benzene rings is 1. The Morgan fingerprint density at radius 1 is 1.31 bits per heavy atom. The van der Waals surface area contributed by atoms with E-state index < -0.39 is 10.8 Å². The molecule has 0 bridgehead atoms. The van der Waals surface area contributed by atoms with Gasteiger partial charge in [0.15, 0.2) is 0 Å². The van der Waals surface area contributed by atoms with Crippen molar-refractivity contribution in [3.63, 3.8) is 0 Å². The molecule has 2 N–H and O–H groups in total. The van der Waals surface area contributed by atoms with Crippen molar-refractivity contribution in [3.05, 3.63) is 28.2 Å². The molecule has 4 heteroatoms. The Morgan fingerprint density at radius 2 is 2.00 bits per heavy atom. The van der Waals surface area contributed by atoms with Crippen LogP contribution in [0.1, 0.15) is 31.2 Å². The molecule has 2 rings (SSSR count). The van der Waals surface area contributed by atoms with E-state index in [0.717, 1.165) is 28.6 Å². The maximum atomic E-state index is 12.1. The molecule has 1 aliphatic carbocycles. The predicted molar refractivity (Wildman–Crippen MR) is 72.7 cm³/mol. The first-order valence-corrected chi connectivity index (χ1v) is 7.75. The SMILES string of the molecule is Nc1cc(Br)cc(CS(=O)C2CCCC2)c1. The molecule has 0 radical (unpaired) electrons. The largest absolute Gasteiger partial charge is 0.399 e. The van der Waals surface area contributed by atoms with E-state index in [4.69, 9.17) is 5.73 Å². The van der Waals surface area contributed by atoms with Gasteiger partial charge in [-0.25, -0.2) is 0 Å². The van der Waals surface area contributed by atoms with E-state index in [2.05, 4.69) is 15.9 Å². The molecule has 0 spiro atoms. The smallest absolute Gasteiger partial charge is 0.0489 e. The molecule has 1 saturated carbocycles. The Morgan fingerprint density at radius 3 is 2.62 bits per heavy atom. The van der Waals surface area contributed by atoms with Gasteiger partial charge in [-0.1, -0.05) is 28.8 Å². The Labute approximate surface area is 107 Å². The summed E-state index contributed by atoms with van der Waals surface area (Å²) in [6, 6.07) is 5.78. The number of nitrogen functional groups attached to an aromatic ring is 1. The molecule has 2 nitrogen and oxygen atoms in total. The summed E-state index contributed by atoms with van der Waals surface area (Å²) in [5.74, 6) is 0.633. The maximum absolute atomic E-state index is 12.1. The summed E-state index contributed by atoms with van der Waals surface area (Å²) in [7, 11) is -0.739. The minimum Gasteiger partial charge on any atom is -0.399 e. The molecule has 0 amide bonds. The van der Waals surface area contributed by atoms with Crippen LogP contribution < -0.4 is 5.73 Å². The van der Waals surface area contributed by atoms with Crippen LogP contribution in [0.3, 0.4) is 0 Å². The van der Waals surface area contributed by atoms with Crippen molar-refractivity contribution in [1.29, 1.82) is 0 Å². The molecule has 1 aromatic carbocycles. The van der Waals surface area contributed by atoms with Crippen LogP contribution in [0.5, 0.6) is 0 Å². The molecule has 1 unspecified atom stereocenters. The first kappa shape index (κ1) is 12.1. The van der Waals surface area contributed by atoms with Crippen molar-refractivity contribution in [2.45, 2.75) is 36.7 Å². The fourth-order valence-electron chi connectivity index (χ4n) is 2.19. The summed E-state index contributed by atoms with van der Waals surface area (Å²) < 4.78 is 13.1. The van der Waals surface area contributed by atoms with Crippen molar-refractivity contribution in [1.82, 2.24) is 0 Å². The number of hydrogen-bond donors (Lipinski definition) is 1. The zero-order chi connectivity index (χ0) is 11.5. The molecule has 0 heterocycles. The van der Waals surface area contributed by atoms with Crippen LogP contribution >= 0.6 is 15.9 Å². The summed E-state index contributed by atoms with van der Waals surface area (Å²) >= 11 is 3.41. The molecule has 1 fully saturated rings. The molecule has 1 aliphatic rings. The number of halogens is 1. The van der Waals surface area contributed by atoms with Crippen LogP contribution in [0.4, 0.5) is 5.69 Å². The Kier molecular flexibility index (Phi) is 4.03. The van der Waals surface area contributed by atoms with Crippen LogP contribution in [0, 0.1) is 0 Å². The van der Waals surface area contributed by atoms with Crippen LogP contribution in [0.15, 0.2) is 22.7 Å². The normalized spacial score (nSPS) is 18.8. The molecule has 16 heavy (non-hydrogen) atoms. The summed E-state index contributed by atoms with van der Waals surface area (Å²) in [5, 5.41) is 0.403. The van der Waals surface area contributed by atoms with Crippen molar-refractivity contribution < 1.29 is 4.21 Å². The third-order valence-corrected chi connectivity index (χ3v) is 5.25. The molecular weight excluding hydrogens is 286 g/mol. The van der Waals surface area contributed by atoms with Crippen LogP contribution in [-0.2, 0) is 16.6 Å². The number of anilines is 1. The van der Waals surface area contributed by atoms with Crippen LogP contribution in [0.2, 0.25) is 0 Å². The highest BCUT2D eigenvalue weighted by atomic mass is 79.9. The second kappa shape index (κ2) is 5.32. The lowest BCUT2D eigenvalue weighted by atomic mass is 10.2. The van der Waals surface area contributed by atoms with E-state index in [-0.39, 0.29) is 0 Å². The zero-order valence-corrected chi connectivity index (χ0v) is 11.5. The fourth-order valence-corrected chi connectivity index (χ4v) is 4.34. The van der Waals surface area contributed by atoms with Crippen LogP contribution in [-0.4, -0.2) is 9.46 Å². The van der Waals surface area contributed by atoms with Gasteiger partial charge in [-0.2, -0.15) is 0 Å². The Hall–Kier alpha value is -0.350. The molecule has 0 aliphatic heterocycles. The van der Waals surface area contributed by atoms with Crippen molar-refractivity contribution in [2.24, 2.45) is 0 Å². The van der Waals surface area contributed by atoms with Gasteiger partial charge < -0.3 is 5.73 Å². The lowest BCUT2D eigenvalue weighted by molar-refractivity contribution is 0.668. The van der Waals surface area contributed by atoms with E-state index in [9.17, 15) is 4.21 Å². The topological polar surface area (TPSA) is 43.1 Å². The summed E-state index contributed by atoms with van der Waals surface area (Å²) in [4.78, 5) is 0. The van der Waals surface area contributed by atoms with Gasteiger partial charge in [-0.15, -0.1) is 0 Å². The van der Waals surface area contributed by atoms with Crippen molar-refractivity contribution in [3.8, 4) is 0 Å². The van der Waals surface area contributed by atoms with Gasteiger partial charge in [0.1, 0.15) is 0 Å². The van der Waals surface area contributed by atoms with E-state index in [1.807, 2.05) is 18.2 Å². The van der Waals surface area contributed by atoms with E-state index in [1.54, 1.807) is 0 Å². The second-order valence-electron chi connectivity index (χ2n) is 4.32.